The number of carbonyl (C=O) groups is 1. The molecule has 132 valence electrons. The Morgan fingerprint density at radius 1 is 1.13 bits per heavy atom. The predicted molar refractivity (Wildman–Crippen MR) is 98.2 cm³/mol. The van der Waals surface area contributed by atoms with Crippen LogP contribution in [-0.4, -0.2) is 25.1 Å². The van der Waals surface area contributed by atoms with E-state index in [2.05, 4.69) is 33.0 Å². The Kier molecular flexibility index (Phi) is 10.7. The lowest BCUT2D eigenvalue weighted by atomic mass is 10.0. The number of rotatable bonds is 9. The number of benzene rings is 1. The van der Waals surface area contributed by atoms with Gasteiger partial charge in [-0.15, -0.1) is 12.4 Å². The van der Waals surface area contributed by atoms with Gasteiger partial charge in [0.15, 0.2) is 0 Å². The van der Waals surface area contributed by atoms with Gasteiger partial charge in [0.1, 0.15) is 5.75 Å². The van der Waals surface area contributed by atoms with Crippen LogP contribution < -0.4 is 15.8 Å². The lowest BCUT2D eigenvalue weighted by Crippen LogP contribution is -2.42. The minimum atomic E-state index is -0.410. The van der Waals surface area contributed by atoms with Crippen LogP contribution in [0.25, 0.3) is 0 Å². The molecule has 0 heterocycles. The van der Waals surface area contributed by atoms with Gasteiger partial charge in [0.05, 0.1) is 12.6 Å². The number of carbonyl (C=O) groups excluding carboxylic acids is 1. The van der Waals surface area contributed by atoms with Crippen LogP contribution in [0.5, 0.6) is 5.75 Å². The molecule has 0 spiro atoms. The molecule has 1 rings (SSSR count). The Hall–Kier alpha value is -1.26. The number of amides is 1. The lowest BCUT2D eigenvalue weighted by Gasteiger charge is -2.14. The van der Waals surface area contributed by atoms with Crippen molar-refractivity contribution in [2.75, 3.05) is 13.2 Å². The zero-order valence-electron chi connectivity index (χ0n) is 14.7. The molecule has 0 saturated heterocycles. The van der Waals surface area contributed by atoms with Crippen LogP contribution in [0.15, 0.2) is 24.3 Å². The summed E-state index contributed by atoms with van der Waals surface area (Å²) in [6.45, 7) is 9.72. The molecule has 0 radical (unpaired) electrons. The second-order valence-electron chi connectivity index (χ2n) is 6.63. The van der Waals surface area contributed by atoms with Crippen molar-refractivity contribution in [1.29, 1.82) is 0 Å². The number of ether oxygens (including phenoxy) is 1. The number of halogens is 1. The van der Waals surface area contributed by atoms with E-state index in [1.165, 1.54) is 5.56 Å². The third kappa shape index (κ3) is 9.47. The summed E-state index contributed by atoms with van der Waals surface area (Å²) in [6.07, 6.45) is 1.51. The molecule has 0 unspecified atom stereocenters. The molecule has 5 heteroatoms. The molecule has 23 heavy (non-hydrogen) atoms. The van der Waals surface area contributed by atoms with E-state index in [-0.39, 0.29) is 18.3 Å². The molecule has 1 atom stereocenters. The Balaban J connectivity index is 0.00000484. The zero-order chi connectivity index (χ0) is 16.5. The average molecular weight is 343 g/mol. The molecule has 1 amide bonds. The third-order valence-corrected chi connectivity index (χ3v) is 3.28. The first-order valence-corrected chi connectivity index (χ1v) is 8.13. The maximum absolute atomic E-state index is 11.8. The standard InChI is InChI=1S/C18H30N2O2.ClH/c1-13(2)11-17(19)18(21)20-10-9-15-5-7-16(8-6-15)22-12-14(3)4;/h5-8,13-14,17H,9-12,19H2,1-4H3,(H,20,21);1H/t17-;/m0./s1. The van der Waals surface area contributed by atoms with E-state index in [4.69, 9.17) is 10.5 Å². The maximum Gasteiger partial charge on any atom is 0.236 e. The van der Waals surface area contributed by atoms with Gasteiger partial charge in [0.2, 0.25) is 5.91 Å². The van der Waals surface area contributed by atoms with Gasteiger partial charge in [-0.05, 0) is 42.4 Å². The summed E-state index contributed by atoms with van der Waals surface area (Å²) in [5.41, 5.74) is 7.02. The molecule has 0 aliphatic heterocycles. The minimum absolute atomic E-state index is 0. The highest BCUT2D eigenvalue weighted by atomic mass is 35.5. The predicted octanol–water partition coefficient (Wildman–Crippen LogP) is 3.18. The van der Waals surface area contributed by atoms with Gasteiger partial charge in [-0.3, -0.25) is 4.79 Å². The van der Waals surface area contributed by atoms with E-state index in [0.717, 1.165) is 18.8 Å². The van der Waals surface area contributed by atoms with E-state index in [1.807, 2.05) is 24.3 Å². The number of nitrogens with one attached hydrogen (secondary N) is 1. The molecule has 0 fully saturated rings. The number of hydrogen-bond donors (Lipinski definition) is 2. The Morgan fingerprint density at radius 2 is 1.74 bits per heavy atom. The first kappa shape index (κ1) is 21.7. The Labute approximate surface area is 146 Å². The number of nitrogens with two attached hydrogens (primary N) is 1. The summed E-state index contributed by atoms with van der Waals surface area (Å²) >= 11 is 0. The van der Waals surface area contributed by atoms with Crippen LogP contribution >= 0.6 is 12.4 Å². The first-order chi connectivity index (χ1) is 10.4. The average Bonchev–Trinajstić information content (AvgIpc) is 2.45. The fraction of sp³-hybridized carbons (Fsp3) is 0.611. The second kappa shape index (κ2) is 11.3. The second-order valence-corrected chi connectivity index (χ2v) is 6.63. The smallest absolute Gasteiger partial charge is 0.236 e. The third-order valence-electron chi connectivity index (χ3n) is 3.28. The van der Waals surface area contributed by atoms with Crippen molar-refractivity contribution in [2.45, 2.75) is 46.6 Å². The SMILES string of the molecule is CC(C)COc1ccc(CCNC(=O)[C@@H](N)CC(C)C)cc1.Cl. The summed E-state index contributed by atoms with van der Waals surface area (Å²) in [7, 11) is 0. The van der Waals surface area contributed by atoms with E-state index >= 15 is 0 Å². The van der Waals surface area contributed by atoms with Crippen LogP contribution in [0.3, 0.4) is 0 Å². The summed E-state index contributed by atoms with van der Waals surface area (Å²) < 4.78 is 5.65. The monoisotopic (exact) mass is 342 g/mol. The van der Waals surface area contributed by atoms with Gasteiger partial charge in [-0.2, -0.15) is 0 Å². The first-order valence-electron chi connectivity index (χ1n) is 8.13. The molecule has 0 aliphatic rings. The van der Waals surface area contributed by atoms with E-state index in [1.54, 1.807) is 0 Å². The number of hydrogen-bond acceptors (Lipinski definition) is 3. The van der Waals surface area contributed by atoms with Gasteiger partial charge in [0, 0.05) is 6.54 Å². The Morgan fingerprint density at radius 3 is 2.26 bits per heavy atom. The summed E-state index contributed by atoms with van der Waals surface area (Å²) in [4.78, 5) is 11.8. The van der Waals surface area contributed by atoms with Crippen LogP contribution in [0.1, 0.15) is 39.7 Å². The van der Waals surface area contributed by atoms with Crippen molar-refractivity contribution >= 4 is 18.3 Å². The largest absolute Gasteiger partial charge is 0.493 e. The fourth-order valence-electron chi connectivity index (χ4n) is 2.09. The zero-order valence-corrected chi connectivity index (χ0v) is 15.5. The van der Waals surface area contributed by atoms with Crippen LogP contribution in [0.4, 0.5) is 0 Å². The minimum Gasteiger partial charge on any atom is -0.493 e. The highest BCUT2D eigenvalue weighted by Gasteiger charge is 2.13. The van der Waals surface area contributed by atoms with Gasteiger partial charge in [-0.1, -0.05) is 39.8 Å². The van der Waals surface area contributed by atoms with Crippen molar-refractivity contribution in [1.82, 2.24) is 5.32 Å². The van der Waals surface area contributed by atoms with E-state index < -0.39 is 6.04 Å². The summed E-state index contributed by atoms with van der Waals surface area (Å²) in [5, 5.41) is 2.90. The normalized spacial score (nSPS) is 12.0. The van der Waals surface area contributed by atoms with Crippen molar-refractivity contribution in [3.8, 4) is 5.75 Å². The van der Waals surface area contributed by atoms with Gasteiger partial charge >= 0.3 is 0 Å². The van der Waals surface area contributed by atoms with Gasteiger partial charge < -0.3 is 15.8 Å². The van der Waals surface area contributed by atoms with E-state index in [9.17, 15) is 4.79 Å². The molecule has 1 aromatic carbocycles. The van der Waals surface area contributed by atoms with E-state index in [0.29, 0.717) is 24.8 Å². The van der Waals surface area contributed by atoms with Crippen LogP contribution in [0, 0.1) is 11.8 Å². The topological polar surface area (TPSA) is 64.3 Å². The quantitative estimate of drug-likeness (QED) is 0.724. The van der Waals surface area contributed by atoms with Crippen molar-refractivity contribution in [3.05, 3.63) is 29.8 Å². The summed E-state index contributed by atoms with van der Waals surface area (Å²) in [5.74, 6) is 1.77. The molecule has 1 aromatic rings. The molecule has 0 bridgehead atoms. The highest BCUT2D eigenvalue weighted by molar-refractivity contribution is 5.85. The van der Waals surface area contributed by atoms with Crippen LogP contribution in [-0.2, 0) is 11.2 Å². The lowest BCUT2D eigenvalue weighted by molar-refractivity contribution is -0.122. The van der Waals surface area contributed by atoms with Gasteiger partial charge in [-0.25, -0.2) is 0 Å². The molecule has 4 nitrogen and oxygen atoms in total. The molecule has 0 saturated carbocycles. The Bertz CT molecular complexity index is 447. The molecule has 0 aromatic heterocycles. The molecular weight excluding hydrogens is 312 g/mol. The van der Waals surface area contributed by atoms with Crippen molar-refractivity contribution in [2.24, 2.45) is 17.6 Å². The molecular formula is C18H31ClN2O2. The highest BCUT2D eigenvalue weighted by Crippen LogP contribution is 2.13. The maximum atomic E-state index is 11.8. The van der Waals surface area contributed by atoms with Gasteiger partial charge in [0.25, 0.3) is 0 Å². The van der Waals surface area contributed by atoms with Crippen molar-refractivity contribution in [3.63, 3.8) is 0 Å². The van der Waals surface area contributed by atoms with Crippen molar-refractivity contribution < 1.29 is 9.53 Å². The molecule has 0 aliphatic carbocycles. The fourth-order valence-corrected chi connectivity index (χ4v) is 2.09. The summed E-state index contributed by atoms with van der Waals surface area (Å²) in [6, 6.07) is 7.62. The van der Waals surface area contributed by atoms with Crippen LogP contribution in [0.2, 0.25) is 0 Å². The molecule has 3 N–H and O–H groups in total.